The van der Waals surface area contributed by atoms with E-state index in [-0.39, 0.29) is 11.3 Å². The fraction of sp³-hybridized carbons (Fsp3) is 0.571. The molecule has 6 nitrogen and oxygen atoms in total. The van der Waals surface area contributed by atoms with Crippen LogP contribution in [0.5, 0.6) is 5.88 Å². The molecule has 0 aliphatic rings. The molecule has 0 aliphatic heterocycles. The van der Waals surface area contributed by atoms with Crippen molar-refractivity contribution in [3.8, 4) is 5.88 Å². The number of carbonyl (C=O) groups excluding carboxylic acids is 1. The zero-order chi connectivity index (χ0) is 14.8. The highest BCUT2D eigenvalue weighted by Crippen LogP contribution is 2.17. The smallest absolute Gasteiger partial charge is 0.340 e. The summed E-state index contributed by atoms with van der Waals surface area (Å²) in [6.07, 6.45) is 3.52. The van der Waals surface area contributed by atoms with Crippen LogP contribution in [0.1, 0.15) is 37.0 Å². The number of anilines is 1. The van der Waals surface area contributed by atoms with Gasteiger partial charge in [0, 0.05) is 12.7 Å². The molecule has 0 bridgehead atoms. The maximum absolute atomic E-state index is 11.7. The molecule has 1 aromatic rings. The van der Waals surface area contributed by atoms with E-state index in [1.807, 2.05) is 0 Å². The molecule has 2 N–H and O–H groups in total. The standard InChI is InChI=1S/C14H22N2O4/c1-3-5-6-18-7-8-20-13-9-11(12(15)10-16-13)14(17)19-4-2/h9-10H,3-8,15H2,1-2H3. The van der Waals surface area contributed by atoms with Crippen molar-refractivity contribution in [2.45, 2.75) is 26.7 Å². The Hall–Kier alpha value is -1.82. The highest BCUT2D eigenvalue weighted by molar-refractivity contribution is 5.95. The van der Waals surface area contributed by atoms with Crippen LogP contribution in [-0.4, -0.2) is 37.4 Å². The number of esters is 1. The van der Waals surface area contributed by atoms with Gasteiger partial charge in [0.25, 0.3) is 0 Å². The fourth-order valence-corrected chi connectivity index (χ4v) is 1.46. The van der Waals surface area contributed by atoms with E-state index in [1.54, 1.807) is 6.92 Å². The van der Waals surface area contributed by atoms with E-state index >= 15 is 0 Å². The first kappa shape index (κ1) is 16.2. The van der Waals surface area contributed by atoms with Crippen LogP contribution in [0.15, 0.2) is 12.3 Å². The second-order valence-electron chi connectivity index (χ2n) is 4.14. The lowest BCUT2D eigenvalue weighted by molar-refractivity contribution is 0.0526. The van der Waals surface area contributed by atoms with Crippen LogP contribution < -0.4 is 10.5 Å². The Morgan fingerprint density at radius 3 is 2.80 bits per heavy atom. The Bertz CT molecular complexity index is 424. The maximum atomic E-state index is 11.7. The van der Waals surface area contributed by atoms with Crippen LogP contribution in [0, 0.1) is 0 Å². The topological polar surface area (TPSA) is 83.7 Å². The molecule has 0 amide bonds. The molecule has 112 valence electrons. The number of aromatic nitrogens is 1. The van der Waals surface area contributed by atoms with Gasteiger partial charge in [0.05, 0.1) is 30.7 Å². The Kier molecular flexibility index (Phi) is 7.42. The number of nitrogens with zero attached hydrogens (tertiary/aromatic N) is 1. The van der Waals surface area contributed by atoms with Gasteiger partial charge in [-0.15, -0.1) is 0 Å². The first-order valence-electron chi connectivity index (χ1n) is 6.82. The van der Waals surface area contributed by atoms with Crippen LogP contribution >= 0.6 is 0 Å². The van der Waals surface area contributed by atoms with Crippen molar-refractivity contribution in [1.29, 1.82) is 0 Å². The molecule has 20 heavy (non-hydrogen) atoms. The van der Waals surface area contributed by atoms with Gasteiger partial charge >= 0.3 is 5.97 Å². The largest absolute Gasteiger partial charge is 0.475 e. The van der Waals surface area contributed by atoms with Crippen molar-refractivity contribution in [3.63, 3.8) is 0 Å². The zero-order valence-electron chi connectivity index (χ0n) is 12.1. The molecule has 0 unspecified atom stereocenters. The van der Waals surface area contributed by atoms with Crippen molar-refractivity contribution in [2.75, 3.05) is 32.2 Å². The minimum Gasteiger partial charge on any atom is -0.475 e. The molecular formula is C14H22N2O4. The van der Waals surface area contributed by atoms with Gasteiger partial charge < -0.3 is 19.9 Å². The minimum absolute atomic E-state index is 0.267. The van der Waals surface area contributed by atoms with Gasteiger partial charge in [-0.05, 0) is 13.3 Å². The highest BCUT2D eigenvalue weighted by Gasteiger charge is 2.12. The lowest BCUT2D eigenvalue weighted by Crippen LogP contribution is -2.11. The van der Waals surface area contributed by atoms with E-state index in [2.05, 4.69) is 11.9 Å². The summed E-state index contributed by atoms with van der Waals surface area (Å²) >= 11 is 0. The summed E-state index contributed by atoms with van der Waals surface area (Å²) in [5.41, 5.74) is 6.23. The van der Waals surface area contributed by atoms with Gasteiger partial charge in [-0.3, -0.25) is 0 Å². The predicted molar refractivity (Wildman–Crippen MR) is 75.8 cm³/mol. The van der Waals surface area contributed by atoms with Crippen LogP contribution in [0.2, 0.25) is 0 Å². The van der Waals surface area contributed by atoms with Gasteiger partial charge in [-0.25, -0.2) is 9.78 Å². The lowest BCUT2D eigenvalue weighted by Gasteiger charge is -2.09. The summed E-state index contributed by atoms with van der Waals surface area (Å²) in [7, 11) is 0. The van der Waals surface area contributed by atoms with E-state index in [0.717, 1.165) is 19.4 Å². The first-order chi connectivity index (χ1) is 9.69. The number of nitrogens with two attached hydrogens (primary N) is 1. The number of ether oxygens (including phenoxy) is 3. The Labute approximate surface area is 119 Å². The van der Waals surface area contributed by atoms with E-state index in [9.17, 15) is 4.79 Å². The number of nitrogen functional groups attached to an aromatic ring is 1. The van der Waals surface area contributed by atoms with Gasteiger partial charge in [-0.2, -0.15) is 0 Å². The summed E-state index contributed by atoms with van der Waals surface area (Å²) in [4.78, 5) is 15.7. The average molecular weight is 282 g/mol. The number of rotatable bonds is 9. The normalized spacial score (nSPS) is 10.3. The third-order valence-corrected chi connectivity index (χ3v) is 2.52. The minimum atomic E-state index is -0.476. The Balaban J connectivity index is 2.46. The maximum Gasteiger partial charge on any atom is 0.340 e. The molecule has 0 saturated heterocycles. The summed E-state index contributed by atoms with van der Waals surface area (Å²) in [5, 5.41) is 0. The van der Waals surface area contributed by atoms with Crippen LogP contribution in [0.25, 0.3) is 0 Å². The second kappa shape index (κ2) is 9.14. The third kappa shape index (κ3) is 5.44. The highest BCUT2D eigenvalue weighted by atomic mass is 16.5. The summed E-state index contributed by atoms with van der Waals surface area (Å²) < 4.78 is 15.7. The van der Waals surface area contributed by atoms with Crippen molar-refractivity contribution in [3.05, 3.63) is 17.8 Å². The van der Waals surface area contributed by atoms with Gasteiger partial charge in [0.1, 0.15) is 6.61 Å². The molecule has 1 heterocycles. The monoisotopic (exact) mass is 282 g/mol. The summed E-state index contributed by atoms with van der Waals surface area (Å²) in [6, 6.07) is 1.49. The van der Waals surface area contributed by atoms with Crippen molar-refractivity contribution in [1.82, 2.24) is 4.98 Å². The molecule has 0 aromatic carbocycles. The van der Waals surface area contributed by atoms with E-state index < -0.39 is 5.97 Å². The van der Waals surface area contributed by atoms with Crippen LogP contribution in [0.3, 0.4) is 0 Å². The number of pyridine rings is 1. The zero-order valence-corrected chi connectivity index (χ0v) is 12.1. The van der Waals surface area contributed by atoms with Crippen molar-refractivity contribution >= 4 is 11.7 Å². The predicted octanol–water partition coefficient (Wildman–Crippen LogP) is 2.04. The molecule has 0 spiro atoms. The summed E-state index contributed by atoms with van der Waals surface area (Å²) in [6.45, 7) is 5.73. The molecule has 0 atom stereocenters. The molecule has 0 saturated carbocycles. The third-order valence-electron chi connectivity index (χ3n) is 2.52. The molecule has 6 heteroatoms. The molecular weight excluding hydrogens is 260 g/mol. The summed E-state index contributed by atoms with van der Waals surface area (Å²) in [5.74, 6) is -0.141. The molecule has 0 radical (unpaired) electrons. The number of hydrogen-bond donors (Lipinski definition) is 1. The molecule has 1 aromatic heterocycles. The first-order valence-corrected chi connectivity index (χ1v) is 6.82. The number of unbranched alkanes of at least 4 members (excludes halogenated alkanes) is 1. The SMILES string of the molecule is CCCCOCCOc1cc(C(=O)OCC)c(N)cn1. The Morgan fingerprint density at radius 2 is 2.10 bits per heavy atom. The second-order valence-corrected chi connectivity index (χ2v) is 4.14. The molecule has 0 aliphatic carbocycles. The molecule has 0 fully saturated rings. The van der Waals surface area contributed by atoms with E-state index in [0.29, 0.717) is 25.7 Å². The van der Waals surface area contributed by atoms with E-state index in [4.69, 9.17) is 19.9 Å². The quantitative estimate of drug-likeness (QED) is 0.551. The van der Waals surface area contributed by atoms with Gasteiger partial charge in [0.2, 0.25) is 5.88 Å². The fourth-order valence-electron chi connectivity index (χ4n) is 1.46. The van der Waals surface area contributed by atoms with Gasteiger partial charge in [-0.1, -0.05) is 13.3 Å². The van der Waals surface area contributed by atoms with Gasteiger partial charge in [0.15, 0.2) is 0 Å². The Morgan fingerprint density at radius 1 is 1.30 bits per heavy atom. The number of carbonyl (C=O) groups is 1. The average Bonchev–Trinajstić information content (AvgIpc) is 2.44. The number of hydrogen-bond acceptors (Lipinski definition) is 6. The van der Waals surface area contributed by atoms with E-state index in [1.165, 1.54) is 12.3 Å². The lowest BCUT2D eigenvalue weighted by atomic mass is 10.2. The van der Waals surface area contributed by atoms with Crippen LogP contribution in [-0.2, 0) is 9.47 Å². The van der Waals surface area contributed by atoms with Crippen LogP contribution in [0.4, 0.5) is 5.69 Å². The molecule has 1 rings (SSSR count). The van der Waals surface area contributed by atoms with Crippen molar-refractivity contribution in [2.24, 2.45) is 0 Å². The van der Waals surface area contributed by atoms with Crippen molar-refractivity contribution < 1.29 is 19.0 Å².